The molecule has 0 spiro atoms. The second-order valence-corrected chi connectivity index (χ2v) is 1.55. The summed E-state index contributed by atoms with van der Waals surface area (Å²) >= 11 is 0. The molecule has 2 nitrogen and oxygen atoms in total. The maximum Gasteiger partial charge on any atom is 0.207 e. The zero-order valence-corrected chi connectivity index (χ0v) is 3.92. The number of hydrogen-bond donors (Lipinski definition) is 1. The fourth-order valence-corrected chi connectivity index (χ4v) is 0.483. The highest BCUT2D eigenvalue weighted by atomic mass is 16.1. The highest BCUT2D eigenvalue weighted by molar-refractivity contribution is 5.48. The fourth-order valence-electron chi connectivity index (χ4n) is 0.483. The Morgan fingerprint density at radius 3 is 2.71 bits per heavy atom. The third-order valence-electron chi connectivity index (χ3n) is 1.04. The molecule has 1 atom stereocenters. The minimum absolute atomic E-state index is 0.331. The topological polar surface area (TPSA) is 29.1 Å². The highest BCUT2D eigenvalue weighted by Crippen LogP contribution is 2.04. The third-order valence-corrected chi connectivity index (χ3v) is 1.04. The van der Waals surface area contributed by atoms with Crippen LogP contribution in [0, 0.1) is 0 Å². The summed E-state index contributed by atoms with van der Waals surface area (Å²) in [5, 5.41) is 2.61. The van der Waals surface area contributed by atoms with Crippen LogP contribution >= 0.6 is 0 Å². The van der Waals surface area contributed by atoms with Gasteiger partial charge in [-0.2, -0.15) is 0 Å². The van der Waals surface area contributed by atoms with Crippen LogP contribution in [0.1, 0.15) is 6.42 Å². The summed E-state index contributed by atoms with van der Waals surface area (Å²) in [5.74, 6) is 0. The summed E-state index contributed by atoms with van der Waals surface area (Å²) in [5.41, 5.74) is 0. The summed E-state index contributed by atoms with van der Waals surface area (Å²) < 4.78 is 0. The van der Waals surface area contributed by atoms with Crippen LogP contribution in [0.5, 0.6) is 0 Å². The minimum Gasteiger partial charge on any atom is -0.352 e. The Bertz CT molecular complexity index is 98.3. The van der Waals surface area contributed by atoms with Gasteiger partial charge in [-0.05, 0) is 6.42 Å². The molecule has 0 fully saturated rings. The van der Waals surface area contributed by atoms with Gasteiger partial charge in [0.25, 0.3) is 0 Å². The van der Waals surface area contributed by atoms with Crippen molar-refractivity contribution in [2.24, 2.45) is 0 Å². The predicted molar refractivity (Wildman–Crippen MR) is 26.7 cm³/mol. The van der Waals surface area contributed by atoms with Gasteiger partial charge in [-0.25, -0.2) is 0 Å². The van der Waals surface area contributed by atoms with Crippen LogP contribution in [0.25, 0.3) is 0 Å². The smallest absolute Gasteiger partial charge is 0.207 e. The van der Waals surface area contributed by atoms with Gasteiger partial charge in [0.1, 0.15) is 0 Å². The van der Waals surface area contributed by atoms with Crippen LogP contribution in [-0.4, -0.2) is 12.5 Å². The van der Waals surface area contributed by atoms with Crippen molar-refractivity contribution >= 4 is 6.41 Å². The van der Waals surface area contributed by atoms with Gasteiger partial charge < -0.3 is 5.32 Å². The Morgan fingerprint density at radius 1 is 1.86 bits per heavy atom. The summed E-state index contributed by atoms with van der Waals surface area (Å²) in [6.07, 6.45) is 5.72. The zero-order chi connectivity index (χ0) is 5.11. The normalized spacial score (nSPS) is 26.0. The van der Waals surface area contributed by atoms with Gasteiger partial charge in [0, 0.05) is 0 Å². The number of carbonyl (C=O) groups is 1. The van der Waals surface area contributed by atoms with E-state index >= 15 is 0 Å². The van der Waals surface area contributed by atoms with E-state index in [1.54, 1.807) is 0 Å². The molecular formula is C5H7NO. The molecule has 0 heterocycles. The highest BCUT2D eigenvalue weighted by Gasteiger charge is 2.05. The molecule has 1 N–H and O–H groups in total. The van der Waals surface area contributed by atoms with E-state index in [1.165, 1.54) is 0 Å². The van der Waals surface area contributed by atoms with E-state index in [4.69, 9.17) is 0 Å². The first-order valence-corrected chi connectivity index (χ1v) is 2.30. The Morgan fingerprint density at radius 2 is 2.57 bits per heavy atom. The van der Waals surface area contributed by atoms with Gasteiger partial charge in [-0.3, -0.25) is 4.79 Å². The Kier molecular flexibility index (Phi) is 1.11. The summed E-state index contributed by atoms with van der Waals surface area (Å²) in [4.78, 5) is 9.66. The van der Waals surface area contributed by atoms with Crippen molar-refractivity contribution in [3.8, 4) is 0 Å². The molecule has 0 aromatic carbocycles. The Hall–Kier alpha value is -0.790. The number of carbonyl (C=O) groups excluding carboxylic acids is 1. The quantitative estimate of drug-likeness (QED) is 0.383. The first-order valence-electron chi connectivity index (χ1n) is 2.30. The molecule has 0 aromatic rings. The lowest BCUT2D eigenvalue weighted by molar-refractivity contribution is -0.109. The van der Waals surface area contributed by atoms with Gasteiger partial charge in [0.05, 0.1) is 6.04 Å². The molecule has 0 aromatic heterocycles. The molecule has 38 valence electrons. The van der Waals surface area contributed by atoms with Crippen molar-refractivity contribution in [3.63, 3.8) is 0 Å². The standard InChI is InChI=1S/C5H7NO/c7-4-6-5-2-1-3-5/h1-2,4-5H,3H2,(H,6,7). The van der Waals surface area contributed by atoms with Crippen molar-refractivity contribution in [2.75, 3.05) is 0 Å². The molecular weight excluding hydrogens is 90.1 g/mol. The Labute approximate surface area is 42.2 Å². The Balaban J connectivity index is 2.17. The predicted octanol–water partition coefficient (Wildman–Crippen LogP) is 0.0609. The fraction of sp³-hybridized carbons (Fsp3) is 0.400. The van der Waals surface area contributed by atoms with Gasteiger partial charge in [0.2, 0.25) is 6.41 Å². The van der Waals surface area contributed by atoms with Crippen molar-refractivity contribution in [2.45, 2.75) is 12.5 Å². The summed E-state index contributed by atoms with van der Waals surface area (Å²) in [6.45, 7) is 0. The maximum atomic E-state index is 9.66. The molecule has 1 aliphatic carbocycles. The third kappa shape index (κ3) is 0.796. The first kappa shape index (κ1) is 4.37. The van der Waals surface area contributed by atoms with E-state index in [-0.39, 0.29) is 0 Å². The van der Waals surface area contributed by atoms with E-state index in [0.717, 1.165) is 12.8 Å². The van der Waals surface area contributed by atoms with Crippen molar-refractivity contribution in [1.29, 1.82) is 0 Å². The lowest BCUT2D eigenvalue weighted by atomic mass is 10.1. The summed E-state index contributed by atoms with van der Waals surface area (Å²) in [7, 11) is 0. The molecule has 0 saturated heterocycles. The van der Waals surface area contributed by atoms with Crippen LogP contribution in [0.2, 0.25) is 0 Å². The van der Waals surface area contributed by atoms with Gasteiger partial charge in [0.15, 0.2) is 0 Å². The monoisotopic (exact) mass is 97.1 g/mol. The van der Waals surface area contributed by atoms with Crippen LogP contribution in [-0.2, 0) is 4.79 Å². The number of hydrogen-bond acceptors (Lipinski definition) is 1. The molecule has 0 bridgehead atoms. The number of amides is 1. The lowest BCUT2D eigenvalue weighted by Crippen LogP contribution is -2.28. The average molecular weight is 97.1 g/mol. The molecule has 1 amide bonds. The van der Waals surface area contributed by atoms with Gasteiger partial charge >= 0.3 is 0 Å². The molecule has 0 radical (unpaired) electrons. The minimum atomic E-state index is 0.331. The van der Waals surface area contributed by atoms with Crippen molar-refractivity contribution in [1.82, 2.24) is 5.32 Å². The first-order chi connectivity index (χ1) is 3.43. The molecule has 2 heteroatoms. The van der Waals surface area contributed by atoms with E-state index < -0.39 is 0 Å². The maximum absolute atomic E-state index is 9.66. The lowest BCUT2D eigenvalue weighted by Gasteiger charge is -2.14. The molecule has 7 heavy (non-hydrogen) atoms. The van der Waals surface area contributed by atoms with Crippen LogP contribution < -0.4 is 5.32 Å². The second kappa shape index (κ2) is 1.78. The largest absolute Gasteiger partial charge is 0.352 e. The molecule has 1 aliphatic rings. The molecule has 0 aliphatic heterocycles. The molecule has 1 unspecified atom stereocenters. The van der Waals surface area contributed by atoms with Crippen LogP contribution in [0.4, 0.5) is 0 Å². The molecule has 1 rings (SSSR count). The van der Waals surface area contributed by atoms with E-state index in [1.807, 2.05) is 12.2 Å². The second-order valence-electron chi connectivity index (χ2n) is 1.55. The zero-order valence-electron chi connectivity index (χ0n) is 3.92. The van der Waals surface area contributed by atoms with Crippen molar-refractivity contribution < 1.29 is 4.79 Å². The van der Waals surface area contributed by atoms with Gasteiger partial charge in [-0.1, -0.05) is 12.2 Å². The SMILES string of the molecule is O=CNC1C=CC1. The van der Waals surface area contributed by atoms with Crippen LogP contribution in [0.15, 0.2) is 12.2 Å². The summed E-state index contributed by atoms with van der Waals surface area (Å²) in [6, 6.07) is 0.331. The molecule has 0 saturated carbocycles. The average Bonchev–Trinajstić information content (AvgIpc) is 1.55. The number of rotatable bonds is 2. The number of nitrogens with one attached hydrogen (secondary N) is 1. The van der Waals surface area contributed by atoms with E-state index in [9.17, 15) is 4.79 Å². The van der Waals surface area contributed by atoms with E-state index in [0.29, 0.717) is 6.04 Å². The van der Waals surface area contributed by atoms with Gasteiger partial charge in [-0.15, -0.1) is 0 Å². The van der Waals surface area contributed by atoms with E-state index in [2.05, 4.69) is 5.32 Å². The van der Waals surface area contributed by atoms with Crippen LogP contribution in [0.3, 0.4) is 0 Å². The van der Waals surface area contributed by atoms with Crippen molar-refractivity contribution in [3.05, 3.63) is 12.2 Å².